The first-order valence-corrected chi connectivity index (χ1v) is 7.17. The number of nitrogens with two attached hydrogens (primary N) is 1. The Morgan fingerprint density at radius 3 is 2.31 bits per heavy atom. The van der Waals surface area contributed by atoms with Crippen LogP contribution in [-0.4, -0.2) is 13.8 Å². The summed E-state index contributed by atoms with van der Waals surface area (Å²) in [5.41, 5.74) is 1.03. The van der Waals surface area contributed by atoms with Gasteiger partial charge in [-0.3, -0.25) is 0 Å². The van der Waals surface area contributed by atoms with Crippen molar-refractivity contribution < 1.29 is 8.42 Å². The number of rotatable bonds is 5. The van der Waals surface area contributed by atoms with Crippen molar-refractivity contribution in [2.45, 2.75) is 36.5 Å². The molecule has 0 radical (unpaired) electrons. The van der Waals surface area contributed by atoms with E-state index in [0.29, 0.717) is 0 Å². The molecule has 0 aliphatic rings. The molecule has 0 saturated heterocycles. The maximum Gasteiger partial charge on any atom is 0.238 e. The van der Waals surface area contributed by atoms with Gasteiger partial charge in [0.2, 0.25) is 10.0 Å². The third-order valence-electron chi connectivity index (χ3n) is 2.31. The van der Waals surface area contributed by atoms with Crippen LogP contribution in [0.15, 0.2) is 29.2 Å². The molecule has 0 spiro atoms. The van der Waals surface area contributed by atoms with Crippen molar-refractivity contribution in [2.75, 3.05) is 0 Å². The molecule has 0 heterocycles. The third kappa shape index (κ3) is 4.12. The first kappa shape index (κ1) is 13.5. The van der Waals surface area contributed by atoms with Crippen LogP contribution in [0.3, 0.4) is 0 Å². The molecule has 1 unspecified atom stereocenters. The monoisotopic (exact) mass is 261 g/mol. The number of hydrogen-bond acceptors (Lipinski definition) is 2. The van der Waals surface area contributed by atoms with Gasteiger partial charge in [-0.05, 0) is 30.5 Å². The second-order valence-electron chi connectivity index (χ2n) is 3.78. The zero-order chi connectivity index (χ0) is 12.2. The second kappa shape index (κ2) is 5.66. The molecule has 0 bridgehead atoms. The van der Waals surface area contributed by atoms with E-state index >= 15 is 0 Å². The van der Waals surface area contributed by atoms with E-state index in [2.05, 4.69) is 6.92 Å². The van der Waals surface area contributed by atoms with Crippen molar-refractivity contribution in [3.63, 3.8) is 0 Å². The van der Waals surface area contributed by atoms with E-state index in [0.717, 1.165) is 24.8 Å². The molecule has 0 saturated carbocycles. The predicted molar refractivity (Wildman–Crippen MR) is 66.1 cm³/mol. The molecule has 1 atom stereocenters. The van der Waals surface area contributed by atoms with E-state index in [4.69, 9.17) is 16.7 Å². The summed E-state index contributed by atoms with van der Waals surface area (Å²) in [6.45, 7) is 2.08. The summed E-state index contributed by atoms with van der Waals surface area (Å²) in [4.78, 5) is 0.137. The Hall–Kier alpha value is -0.580. The fraction of sp³-hybridized carbons (Fsp3) is 0.455. The highest BCUT2D eigenvalue weighted by Gasteiger charge is 2.08. The normalized spacial score (nSPS) is 13.7. The number of hydrogen-bond donors (Lipinski definition) is 1. The van der Waals surface area contributed by atoms with Crippen LogP contribution < -0.4 is 5.14 Å². The molecule has 16 heavy (non-hydrogen) atoms. The van der Waals surface area contributed by atoms with Gasteiger partial charge < -0.3 is 0 Å². The second-order valence-corrected chi connectivity index (χ2v) is 5.96. The molecule has 2 N–H and O–H groups in total. The Bertz CT molecular complexity index is 428. The summed E-state index contributed by atoms with van der Waals surface area (Å²) in [6.07, 6.45) is 2.75. The molecule has 1 aromatic carbocycles. The number of alkyl halides is 1. The van der Waals surface area contributed by atoms with Crippen LogP contribution in [0.1, 0.15) is 25.3 Å². The van der Waals surface area contributed by atoms with Gasteiger partial charge in [-0.1, -0.05) is 25.5 Å². The van der Waals surface area contributed by atoms with Crippen molar-refractivity contribution >= 4 is 21.6 Å². The first-order valence-electron chi connectivity index (χ1n) is 5.19. The van der Waals surface area contributed by atoms with Crippen LogP contribution in [-0.2, 0) is 16.4 Å². The molecule has 0 aliphatic heterocycles. The Kier molecular flexibility index (Phi) is 4.77. The van der Waals surface area contributed by atoms with Crippen LogP contribution in [0.2, 0.25) is 0 Å². The Balaban J connectivity index is 2.72. The molecule has 90 valence electrons. The number of halogens is 1. The Morgan fingerprint density at radius 1 is 1.31 bits per heavy atom. The van der Waals surface area contributed by atoms with Gasteiger partial charge in [-0.15, -0.1) is 11.6 Å². The average Bonchev–Trinajstić information content (AvgIpc) is 2.17. The summed E-state index contributed by atoms with van der Waals surface area (Å²) in [5.74, 6) is 0. The average molecular weight is 262 g/mol. The van der Waals surface area contributed by atoms with Crippen LogP contribution in [0.25, 0.3) is 0 Å². The molecule has 0 fully saturated rings. The quantitative estimate of drug-likeness (QED) is 0.827. The SMILES string of the molecule is CCCC(Cl)Cc1ccc(S(N)(=O)=O)cc1. The lowest BCUT2D eigenvalue weighted by molar-refractivity contribution is 0.597. The molecular weight excluding hydrogens is 246 g/mol. The maximum absolute atomic E-state index is 11.0. The van der Waals surface area contributed by atoms with Gasteiger partial charge in [-0.2, -0.15) is 0 Å². The zero-order valence-corrected chi connectivity index (χ0v) is 10.8. The third-order valence-corrected chi connectivity index (χ3v) is 3.61. The Labute approximate surface area is 102 Å². The van der Waals surface area contributed by atoms with E-state index in [1.54, 1.807) is 12.1 Å². The highest BCUT2D eigenvalue weighted by atomic mass is 35.5. The topological polar surface area (TPSA) is 60.2 Å². The highest BCUT2D eigenvalue weighted by Crippen LogP contribution is 2.15. The fourth-order valence-corrected chi connectivity index (χ4v) is 2.40. The van der Waals surface area contributed by atoms with Crippen molar-refractivity contribution in [3.05, 3.63) is 29.8 Å². The first-order chi connectivity index (χ1) is 7.43. The van der Waals surface area contributed by atoms with E-state index in [1.165, 1.54) is 12.1 Å². The summed E-state index contributed by atoms with van der Waals surface area (Å²) in [7, 11) is -3.59. The van der Waals surface area contributed by atoms with E-state index < -0.39 is 10.0 Å². The van der Waals surface area contributed by atoms with Crippen LogP contribution in [0.4, 0.5) is 0 Å². The standard InChI is InChI=1S/C11H16ClNO2S/c1-2-3-10(12)8-9-4-6-11(7-5-9)16(13,14)15/h4-7,10H,2-3,8H2,1H3,(H2,13,14,15). The minimum Gasteiger partial charge on any atom is -0.225 e. The molecule has 0 amide bonds. The minimum atomic E-state index is -3.59. The Morgan fingerprint density at radius 2 is 1.88 bits per heavy atom. The highest BCUT2D eigenvalue weighted by molar-refractivity contribution is 7.89. The van der Waals surface area contributed by atoms with Gasteiger partial charge in [0.05, 0.1) is 4.90 Å². The molecule has 0 aliphatic carbocycles. The summed E-state index contributed by atoms with van der Waals surface area (Å²) in [6, 6.07) is 6.54. The van der Waals surface area contributed by atoms with E-state index in [-0.39, 0.29) is 10.3 Å². The smallest absolute Gasteiger partial charge is 0.225 e. The summed E-state index contributed by atoms with van der Waals surface area (Å²) >= 11 is 6.10. The van der Waals surface area contributed by atoms with Gasteiger partial charge in [0.15, 0.2) is 0 Å². The number of benzene rings is 1. The van der Waals surface area contributed by atoms with E-state index in [1.807, 2.05) is 0 Å². The lowest BCUT2D eigenvalue weighted by Crippen LogP contribution is -2.12. The molecular formula is C11H16ClNO2S. The molecule has 1 rings (SSSR count). The molecule has 5 heteroatoms. The molecule has 1 aromatic rings. The summed E-state index contributed by atoms with van der Waals surface area (Å²) in [5, 5.41) is 5.10. The lowest BCUT2D eigenvalue weighted by Gasteiger charge is -2.08. The van der Waals surface area contributed by atoms with Gasteiger partial charge in [-0.25, -0.2) is 13.6 Å². The van der Waals surface area contributed by atoms with Gasteiger partial charge in [0.1, 0.15) is 0 Å². The molecule has 0 aromatic heterocycles. The van der Waals surface area contributed by atoms with Crippen molar-refractivity contribution in [2.24, 2.45) is 5.14 Å². The van der Waals surface area contributed by atoms with Crippen molar-refractivity contribution in [1.82, 2.24) is 0 Å². The number of sulfonamides is 1. The van der Waals surface area contributed by atoms with Gasteiger partial charge in [0, 0.05) is 5.38 Å². The van der Waals surface area contributed by atoms with Crippen LogP contribution >= 0.6 is 11.6 Å². The van der Waals surface area contributed by atoms with Gasteiger partial charge >= 0.3 is 0 Å². The van der Waals surface area contributed by atoms with Crippen LogP contribution in [0, 0.1) is 0 Å². The minimum absolute atomic E-state index is 0.102. The van der Waals surface area contributed by atoms with E-state index in [9.17, 15) is 8.42 Å². The predicted octanol–water partition coefficient (Wildman–Crippen LogP) is 2.28. The van der Waals surface area contributed by atoms with Crippen molar-refractivity contribution in [3.8, 4) is 0 Å². The number of primary sulfonamides is 1. The maximum atomic E-state index is 11.0. The fourth-order valence-electron chi connectivity index (χ4n) is 1.49. The lowest BCUT2D eigenvalue weighted by atomic mass is 10.1. The largest absolute Gasteiger partial charge is 0.238 e. The van der Waals surface area contributed by atoms with Crippen molar-refractivity contribution in [1.29, 1.82) is 0 Å². The zero-order valence-electron chi connectivity index (χ0n) is 9.19. The molecule has 3 nitrogen and oxygen atoms in total. The van der Waals surface area contributed by atoms with Gasteiger partial charge in [0.25, 0.3) is 0 Å². The van der Waals surface area contributed by atoms with Crippen LogP contribution in [0.5, 0.6) is 0 Å². The summed E-state index contributed by atoms with van der Waals surface area (Å²) < 4.78 is 22.0.